The number of amides is 3. The molecule has 3 N–H and O–H groups in total. The Morgan fingerprint density at radius 2 is 1.97 bits per heavy atom. The minimum atomic E-state index is -0.507. The molecule has 0 unspecified atom stereocenters. The van der Waals surface area contributed by atoms with E-state index in [0.717, 1.165) is 36.9 Å². The van der Waals surface area contributed by atoms with Crippen LogP contribution in [-0.4, -0.2) is 17.5 Å². The Bertz CT molecular complexity index is 1020. The summed E-state index contributed by atoms with van der Waals surface area (Å²) in [6, 6.07) is 9.60. The number of carbonyl (C=O) groups excluding carboxylic acids is 2. The first kappa shape index (κ1) is 22.1. The molecule has 1 atom stereocenters. The van der Waals surface area contributed by atoms with Crippen LogP contribution in [-0.2, 0) is 11.2 Å². The average Bonchev–Trinajstić information content (AvgIpc) is 2.74. The molecule has 32 heavy (non-hydrogen) atoms. The lowest BCUT2D eigenvalue weighted by molar-refractivity contribution is -0.116. The fraction of sp³-hybridized carbons (Fsp3) is 0.440. The summed E-state index contributed by atoms with van der Waals surface area (Å²) in [6.45, 7) is 4.17. The third-order valence-corrected chi connectivity index (χ3v) is 6.25. The van der Waals surface area contributed by atoms with Crippen LogP contribution >= 0.6 is 0 Å². The summed E-state index contributed by atoms with van der Waals surface area (Å²) in [4.78, 5) is 24.6. The lowest BCUT2D eigenvalue weighted by atomic mass is 9.81. The summed E-state index contributed by atoms with van der Waals surface area (Å²) in [5.74, 6) is -0.193. The topological polar surface area (TPSA) is 79.5 Å². The summed E-state index contributed by atoms with van der Waals surface area (Å²) in [5, 5.41) is 8.73. The van der Waals surface area contributed by atoms with Crippen molar-refractivity contribution in [1.82, 2.24) is 5.32 Å². The van der Waals surface area contributed by atoms with Crippen LogP contribution in [0.4, 0.5) is 20.6 Å². The third-order valence-electron chi connectivity index (χ3n) is 6.25. The lowest BCUT2D eigenvalue weighted by Gasteiger charge is -2.42. The quantitative estimate of drug-likeness (QED) is 0.541. The second kappa shape index (κ2) is 9.18. The number of carbonyl (C=O) groups is 2. The van der Waals surface area contributed by atoms with Gasteiger partial charge in [-0.3, -0.25) is 4.79 Å². The van der Waals surface area contributed by atoms with E-state index in [1.165, 1.54) is 6.07 Å². The maximum atomic E-state index is 14.7. The number of nitrogens with one attached hydrogen (secondary N) is 3. The van der Waals surface area contributed by atoms with Crippen molar-refractivity contribution in [3.63, 3.8) is 0 Å². The molecular formula is C25H30FN3O3. The fourth-order valence-electron chi connectivity index (χ4n) is 4.89. The number of rotatable bonds is 6. The van der Waals surface area contributed by atoms with Crippen LogP contribution in [0.3, 0.4) is 0 Å². The van der Waals surface area contributed by atoms with Crippen LogP contribution in [0.15, 0.2) is 36.4 Å². The van der Waals surface area contributed by atoms with Gasteiger partial charge in [0, 0.05) is 29.8 Å². The Kier molecular flexibility index (Phi) is 6.35. The second-order valence-corrected chi connectivity index (χ2v) is 8.72. The Balaban J connectivity index is 1.55. The van der Waals surface area contributed by atoms with Gasteiger partial charge in [-0.25, -0.2) is 9.18 Å². The number of ether oxygens (including phenoxy) is 1. The van der Waals surface area contributed by atoms with E-state index in [-0.39, 0.29) is 23.7 Å². The van der Waals surface area contributed by atoms with E-state index in [9.17, 15) is 14.0 Å². The number of anilines is 2. The molecular weight excluding hydrogens is 409 g/mol. The van der Waals surface area contributed by atoms with E-state index in [0.29, 0.717) is 30.5 Å². The highest BCUT2D eigenvalue weighted by molar-refractivity contribution is 5.96. The van der Waals surface area contributed by atoms with Crippen molar-refractivity contribution in [3.05, 3.63) is 53.3 Å². The molecule has 4 rings (SSSR count). The number of hydrogen-bond donors (Lipinski definition) is 3. The molecule has 6 nitrogen and oxygen atoms in total. The number of hydrogen-bond acceptors (Lipinski definition) is 3. The molecule has 3 amide bonds. The molecule has 0 bridgehead atoms. The number of fused-ring (bicyclic) bond motifs is 2. The number of urea groups is 1. The third kappa shape index (κ3) is 4.56. The Labute approximate surface area is 187 Å². The highest BCUT2D eigenvalue weighted by Gasteiger charge is 2.41. The largest absolute Gasteiger partial charge is 0.484 e. The normalized spacial score (nSPS) is 18.6. The summed E-state index contributed by atoms with van der Waals surface area (Å²) < 4.78 is 20.9. The zero-order chi connectivity index (χ0) is 22.7. The molecule has 0 radical (unpaired) electrons. The summed E-state index contributed by atoms with van der Waals surface area (Å²) >= 11 is 0. The molecule has 170 valence electrons. The van der Waals surface area contributed by atoms with Crippen LogP contribution in [0.5, 0.6) is 5.75 Å². The highest BCUT2D eigenvalue weighted by atomic mass is 19.1. The van der Waals surface area contributed by atoms with Crippen molar-refractivity contribution in [2.75, 3.05) is 10.6 Å². The van der Waals surface area contributed by atoms with Gasteiger partial charge in [0.1, 0.15) is 5.60 Å². The van der Waals surface area contributed by atoms with Crippen molar-refractivity contribution in [2.24, 2.45) is 0 Å². The van der Waals surface area contributed by atoms with Gasteiger partial charge in [0.15, 0.2) is 11.6 Å². The number of para-hydroxylation sites is 1. The van der Waals surface area contributed by atoms with E-state index in [2.05, 4.69) is 29.8 Å². The van der Waals surface area contributed by atoms with Crippen LogP contribution in [0, 0.1) is 5.82 Å². The average molecular weight is 440 g/mol. The van der Waals surface area contributed by atoms with Crippen LogP contribution < -0.4 is 20.7 Å². The smallest absolute Gasteiger partial charge is 0.319 e. The summed E-state index contributed by atoms with van der Waals surface area (Å²) in [5.41, 5.74) is 2.51. The molecule has 0 saturated carbocycles. The van der Waals surface area contributed by atoms with Gasteiger partial charge in [0.25, 0.3) is 0 Å². The van der Waals surface area contributed by atoms with Gasteiger partial charge < -0.3 is 20.7 Å². The molecule has 2 aliphatic heterocycles. The number of aryl methyl sites for hydroxylation is 1. The Hall–Kier alpha value is -3.09. The minimum absolute atomic E-state index is 0.0249. The van der Waals surface area contributed by atoms with Gasteiger partial charge in [0.2, 0.25) is 5.91 Å². The minimum Gasteiger partial charge on any atom is -0.484 e. The Morgan fingerprint density at radius 1 is 1.19 bits per heavy atom. The van der Waals surface area contributed by atoms with Gasteiger partial charge >= 0.3 is 6.03 Å². The standard InChI is InChI=1S/C25H30FN3O3/c1-3-12-25(13-4-2)15-21(18-6-5-7-19(26)23(18)32-25)29-24(31)27-17-10-8-16-9-11-22(30)28-20(16)14-17/h5-8,10,14,21H,3-4,9,11-13,15H2,1-2H3,(H,28,30)(H2,27,29,31)/t21-/m1/s1. The maximum Gasteiger partial charge on any atom is 0.319 e. The van der Waals surface area contributed by atoms with Gasteiger partial charge in [-0.2, -0.15) is 0 Å². The number of halogens is 1. The van der Waals surface area contributed by atoms with Crippen molar-refractivity contribution in [1.29, 1.82) is 0 Å². The molecule has 0 saturated heterocycles. The van der Waals surface area contributed by atoms with E-state index < -0.39 is 11.4 Å². The summed E-state index contributed by atoms with van der Waals surface area (Å²) in [6.07, 6.45) is 5.13. The molecule has 2 aromatic carbocycles. The molecule has 0 aliphatic carbocycles. The molecule has 2 aliphatic rings. The fourth-order valence-corrected chi connectivity index (χ4v) is 4.89. The first-order valence-corrected chi connectivity index (χ1v) is 11.4. The molecule has 0 fully saturated rings. The zero-order valence-electron chi connectivity index (χ0n) is 18.6. The van der Waals surface area contributed by atoms with Crippen molar-refractivity contribution in [3.8, 4) is 5.75 Å². The van der Waals surface area contributed by atoms with E-state index in [1.807, 2.05) is 12.1 Å². The van der Waals surface area contributed by atoms with Gasteiger partial charge in [-0.1, -0.05) is 44.9 Å². The van der Waals surface area contributed by atoms with Gasteiger partial charge in [-0.15, -0.1) is 0 Å². The maximum absolute atomic E-state index is 14.7. The monoisotopic (exact) mass is 439 g/mol. The SMILES string of the molecule is CCCC1(CCC)C[C@@H](NC(=O)Nc2ccc3c(c2)NC(=O)CC3)c2cccc(F)c2O1. The van der Waals surface area contributed by atoms with Crippen molar-refractivity contribution < 1.29 is 18.7 Å². The second-order valence-electron chi connectivity index (χ2n) is 8.72. The predicted octanol–water partition coefficient (Wildman–Crippen LogP) is 5.69. The first-order chi connectivity index (χ1) is 15.4. The molecule has 0 aromatic heterocycles. The zero-order valence-corrected chi connectivity index (χ0v) is 18.6. The summed E-state index contributed by atoms with van der Waals surface area (Å²) in [7, 11) is 0. The predicted molar refractivity (Wildman–Crippen MR) is 122 cm³/mol. The number of benzene rings is 2. The molecule has 2 aromatic rings. The lowest BCUT2D eigenvalue weighted by Crippen LogP contribution is -2.46. The van der Waals surface area contributed by atoms with Crippen LogP contribution in [0.25, 0.3) is 0 Å². The van der Waals surface area contributed by atoms with Gasteiger partial charge in [-0.05, 0) is 43.0 Å². The van der Waals surface area contributed by atoms with Crippen molar-refractivity contribution >= 4 is 23.3 Å². The van der Waals surface area contributed by atoms with E-state index >= 15 is 0 Å². The highest BCUT2D eigenvalue weighted by Crippen LogP contribution is 2.45. The molecule has 2 heterocycles. The molecule has 7 heteroatoms. The van der Waals surface area contributed by atoms with Crippen molar-refractivity contribution in [2.45, 2.75) is 70.4 Å². The Morgan fingerprint density at radius 3 is 2.72 bits per heavy atom. The van der Waals surface area contributed by atoms with Crippen LogP contribution in [0.1, 0.15) is 69.5 Å². The first-order valence-electron chi connectivity index (χ1n) is 11.4. The van der Waals surface area contributed by atoms with E-state index in [4.69, 9.17) is 4.74 Å². The van der Waals surface area contributed by atoms with Crippen LogP contribution in [0.2, 0.25) is 0 Å². The van der Waals surface area contributed by atoms with Gasteiger partial charge in [0.05, 0.1) is 6.04 Å². The van der Waals surface area contributed by atoms with E-state index in [1.54, 1.807) is 18.2 Å². The molecule has 0 spiro atoms.